The number of carbonyl (C=O) groups is 1. The molecule has 2 aromatic carbocycles. The average molecular weight is 641 g/mol. The Kier molecular flexibility index (Phi) is 7.44. The van der Waals surface area contributed by atoms with E-state index in [2.05, 4.69) is 0 Å². The summed E-state index contributed by atoms with van der Waals surface area (Å²) >= 11 is 0.806. The summed E-state index contributed by atoms with van der Waals surface area (Å²) in [6.45, 7) is 0. The molecule has 2 N–H and O–H groups in total. The van der Waals surface area contributed by atoms with Gasteiger partial charge in [-0.1, -0.05) is 6.07 Å². The van der Waals surface area contributed by atoms with Gasteiger partial charge in [0.1, 0.15) is 0 Å². The average Bonchev–Trinajstić information content (AvgIpc) is 2.67. The van der Waals surface area contributed by atoms with Crippen LogP contribution in [-0.2, 0) is 18.3 Å². The summed E-state index contributed by atoms with van der Waals surface area (Å²) in [5.41, 5.74) is -9.02. The van der Waals surface area contributed by atoms with Crippen molar-refractivity contribution in [3.8, 4) is 0 Å². The number of hydrogen-bond donors (Lipinski definition) is 1. The van der Waals surface area contributed by atoms with Crippen molar-refractivity contribution in [3.05, 3.63) is 62.0 Å². The fraction of sp³-hybridized carbons (Fsp3) is 0.316. The second kappa shape index (κ2) is 8.99. The van der Waals surface area contributed by atoms with Crippen LogP contribution in [0.4, 0.5) is 62.8 Å². The first-order valence-corrected chi connectivity index (χ1v) is 9.82. The first kappa shape index (κ1) is 29.0. The fourth-order valence-corrected chi connectivity index (χ4v) is 3.82. The Labute approximate surface area is 200 Å². The third-order valence-electron chi connectivity index (χ3n) is 4.74. The number of alkyl halides is 12. The second-order valence-electron chi connectivity index (χ2n) is 7.02. The number of benzene rings is 2. The molecule has 0 aliphatic carbocycles. The van der Waals surface area contributed by atoms with E-state index in [0.29, 0.717) is 0 Å². The molecule has 0 saturated carbocycles. The Morgan fingerprint density at radius 1 is 0.857 bits per heavy atom. The molecule has 1 unspecified atom stereocenters. The Hall–Kier alpha value is -2.27. The van der Waals surface area contributed by atoms with Gasteiger partial charge in [-0.25, -0.2) is 8.78 Å². The minimum absolute atomic E-state index is 0.318. The van der Waals surface area contributed by atoms with Crippen LogP contribution >= 0.6 is 22.6 Å². The topological polar surface area (TPSA) is 43.1 Å². The van der Waals surface area contributed by atoms with Crippen LogP contribution in [0.3, 0.4) is 0 Å². The van der Waals surface area contributed by atoms with E-state index in [-0.39, 0.29) is 6.07 Å². The highest BCUT2D eigenvalue weighted by molar-refractivity contribution is 14.1. The number of rotatable bonds is 5. The van der Waals surface area contributed by atoms with Crippen LogP contribution in [0.2, 0.25) is 0 Å². The second-order valence-corrected chi connectivity index (χ2v) is 8.18. The van der Waals surface area contributed by atoms with Gasteiger partial charge in [0.15, 0.2) is 11.6 Å². The van der Waals surface area contributed by atoms with E-state index in [1.807, 2.05) is 0 Å². The van der Waals surface area contributed by atoms with Crippen molar-refractivity contribution in [1.82, 2.24) is 0 Å². The molecule has 194 valence electrons. The Balaban J connectivity index is 2.80. The Bertz CT molecular complexity index is 1140. The van der Waals surface area contributed by atoms with Gasteiger partial charge in [0.2, 0.25) is 0 Å². The summed E-state index contributed by atoms with van der Waals surface area (Å²) < 4.78 is 174. The maximum Gasteiger partial charge on any atom is 0.457 e. The van der Waals surface area contributed by atoms with Gasteiger partial charge < -0.3 is 5.73 Å². The molecule has 2 aromatic rings. The van der Waals surface area contributed by atoms with Crippen LogP contribution in [0.15, 0.2) is 30.3 Å². The maximum atomic E-state index is 14.7. The zero-order chi connectivity index (χ0) is 27.4. The van der Waals surface area contributed by atoms with Gasteiger partial charge in [-0.3, -0.25) is 4.79 Å². The van der Waals surface area contributed by atoms with E-state index in [9.17, 15) is 61.9 Å². The molecule has 0 bridgehead atoms. The summed E-state index contributed by atoms with van der Waals surface area (Å²) in [6, 6.07) is 1.65. The largest absolute Gasteiger partial charge is 0.457 e. The van der Waals surface area contributed by atoms with E-state index in [4.69, 9.17) is 5.73 Å². The highest BCUT2D eigenvalue weighted by Crippen LogP contribution is 2.59. The lowest BCUT2D eigenvalue weighted by molar-refractivity contribution is -0.389. The van der Waals surface area contributed by atoms with Gasteiger partial charge in [0.25, 0.3) is 0 Å². The van der Waals surface area contributed by atoms with Crippen LogP contribution in [-0.4, -0.2) is 24.1 Å². The normalized spacial score (nSPS) is 15.1. The van der Waals surface area contributed by atoms with Crippen molar-refractivity contribution in [3.63, 3.8) is 0 Å². The van der Waals surface area contributed by atoms with E-state index in [1.165, 1.54) is 0 Å². The predicted octanol–water partition coefficient (Wildman–Crippen LogP) is 7.38. The molecule has 1 atom stereocenters. The van der Waals surface area contributed by atoms with Gasteiger partial charge in [-0.2, -0.15) is 48.3 Å². The molecule has 2 nitrogen and oxygen atoms in total. The van der Waals surface area contributed by atoms with E-state index in [1.54, 1.807) is 0 Å². The number of ketones is 1. The van der Waals surface area contributed by atoms with E-state index >= 15 is 0 Å². The minimum Gasteiger partial charge on any atom is -0.396 e. The summed E-state index contributed by atoms with van der Waals surface area (Å²) in [4.78, 5) is 12.4. The lowest BCUT2D eigenvalue weighted by Gasteiger charge is -2.36. The highest BCUT2D eigenvalue weighted by atomic mass is 127. The molecule has 0 amide bonds. The number of nitrogen functional groups attached to an aromatic ring is 1. The number of Topliss-reactive ketones (excluding diaryl/α,β-unsaturated/α-hetero) is 1. The Morgan fingerprint density at radius 2 is 1.40 bits per heavy atom. The molecule has 2 rings (SSSR count). The Morgan fingerprint density at radius 3 is 1.86 bits per heavy atom. The molecule has 35 heavy (non-hydrogen) atoms. The lowest BCUT2D eigenvalue weighted by Crippen LogP contribution is -2.59. The molecule has 0 heterocycles. The molecular weight excluding hydrogens is 632 g/mol. The summed E-state index contributed by atoms with van der Waals surface area (Å²) in [6.07, 6.45) is -21.3. The monoisotopic (exact) mass is 641 g/mol. The number of nitrogens with two attached hydrogens (primary N) is 1. The van der Waals surface area contributed by atoms with Gasteiger partial charge in [0.05, 0.1) is 16.8 Å². The van der Waals surface area contributed by atoms with Crippen molar-refractivity contribution >= 4 is 34.1 Å². The number of carbonyl (C=O) groups excluding carboxylic acids is 1. The van der Waals surface area contributed by atoms with E-state index < -0.39 is 85.7 Å². The SMILES string of the molecule is Nc1cccc(C(=O)Cc2c(I)cc(C(F)(C(F)(F)F)C(F)(F)C(F)(F)F)cc2C(F)(F)F)c1F. The molecule has 0 spiro atoms. The van der Waals surface area contributed by atoms with Crippen molar-refractivity contribution < 1.29 is 61.9 Å². The molecule has 0 saturated heterocycles. The molecule has 0 radical (unpaired) electrons. The summed E-state index contributed by atoms with van der Waals surface area (Å²) in [5.74, 6) is -9.94. The fourth-order valence-electron chi connectivity index (χ4n) is 3.01. The zero-order valence-electron chi connectivity index (χ0n) is 16.4. The molecule has 16 heteroatoms. The standard InChI is InChI=1S/C19H9F13INO/c20-14-8(2-1-3-12(14)34)13(35)6-9-10(16(22,23)24)4-7(5-11(9)33)15(21,18(27,28)29)17(25,26)19(30,31)32/h1-5H,6,34H2. The minimum atomic E-state index is -7.20. The molecule has 0 aromatic heterocycles. The lowest BCUT2D eigenvalue weighted by atomic mass is 9.85. The predicted molar refractivity (Wildman–Crippen MR) is 103 cm³/mol. The van der Waals surface area contributed by atoms with Crippen LogP contribution in [0, 0.1) is 9.39 Å². The first-order valence-electron chi connectivity index (χ1n) is 8.74. The number of hydrogen-bond acceptors (Lipinski definition) is 2. The van der Waals surface area contributed by atoms with Crippen LogP contribution in [0.1, 0.15) is 27.0 Å². The van der Waals surface area contributed by atoms with Gasteiger partial charge >= 0.3 is 30.1 Å². The van der Waals surface area contributed by atoms with Crippen molar-refractivity contribution in [2.75, 3.05) is 5.73 Å². The third-order valence-corrected chi connectivity index (χ3v) is 5.71. The number of anilines is 1. The first-order chi connectivity index (χ1) is 15.6. The smallest absolute Gasteiger partial charge is 0.396 e. The number of halogens is 14. The van der Waals surface area contributed by atoms with Crippen molar-refractivity contribution in [2.24, 2.45) is 0 Å². The molecule has 0 aliphatic heterocycles. The van der Waals surface area contributed by atoms with Crippen LogP contribution in [0.25, 0.3) is 0 Å². The summed E-state index contributed by atoms with van der Waals surface area (Å²) in [5, 5.41) is 0. The van der Waals surface area contributed by atoms with Gasteiger partial charge in [-0.05, 0) is 52.4 Å². The third kappa shape index (κ3) is 5.02. The molecule has 0 fully saturated rings. The highest BCUT2D eigenvalue weighted by Gasteiger charge is 2.81. The van der Waals surface area contributed by atoms with Crippen LogP contribution < -0.4 is 5.73 Å². The quantitative estimate of drug-likeness (QED) is 0.160. The molecular formula is C19H9F13INO. The van der Waals surface area contributed by atoms with Gasteiger partial charge in [-0.15, -0.1) is 0 Å². The van der Waals surface area contributed by atoms with Crippen molar-refractivity contribution in [2.45, 2.75) is 36.5 Å². The zero-order valence-corrected chi connectivity index (χ0v) is 18.5. The van der Waals surface area contributed by atoms with E-state index in [0.717, 1.165) is 40.8 Å². The van der Waals surface area contributed by atoms with Crippen molar-refractivity contribution in [1.29, 1.82) is 0 Å². The van der Waals surface area contributed by atoms with Crippen LogP contribution in [0.5, 0.6) is 0 Å². The maximum absolute atomic E-state index is 14.7. The van der Waals surface area contributed by atoms with Gasteiger partial charge in [0, 0.05) is 15.6 Å². The molecule has 0 aliphatic rings. The summed E-state index contributed by atoms with van der Waals surface area (Å²) in [7, 11) is 0.